The number of ether oxygens (including phenoxy) is 1. The van der Waals surface area contributed by atoms with Crippen LogP contribution in [0.1, 0.15) is 41.9 Å². The second-order valence-electron chi connectivity index (χ2n) is 5.07. The van der Waals surface area contributed by atoms with Gasteiger partial charge in [0.25, 0.3) is 5.91 Å². The van der Waals surface area contributed by atoms with E-state index in [9.17, 15) is 4.79 Å². The van der Waals surface area contributed by atoms with Crippen LogP contribution in [0, 0.1) is 11.8 Å². The highest BCUT2D eigenvalue weighted by Crippen LogP contribution is 2.26. The molecule has 108 valence electrons. The van der Waals surface area contributed by atoms with Gasteiger partial charge in [-0.2, -0.15) is 0 Å². The zero-order chi connectivity index (χ0) is 14.6. The quantitative estimate of drug-likeness (QED) is 0.835. The van der Waals surface area contributed by atoms with Gasteiger partial charge in [-0.25, -0.2) is 0 Å². The zero-order valence-corrected chi connectivity index (χ0v) is 12.5. The molecule has 5 heteroatoms. The van der Waals surface area contributed by atoms with Crippen molar-refractivity contribution in [1.29, 1.82) is 0 Å². The third kappa shape index (κ3) is 3.21. The lowest BCUT2D eigenvalue weighted by Gasteiger charge is -2.28. The van der Waals surface area contributed by atoms with Crippen molar-refractivity contribution in [3.8, 4) is 11.8 Å². The molecular weight excluding hydrogens is 274 g/mol. The smallest absolute Gasteiger partial charge is 0.263 e. The molecule has 20 heavy (non-hydrogen) atoms. The fraction of sp³-hybridized carbons (Fsp3) is 0.533. The lowest BCUT2D eigenvalue weighted by Crippen LogP contribution is -2.50. The Balaban J connectivity index is 2.11. The van der Waals surface area contributed by atoms with E-state index in [0.29, 0.717) is 17.9 Å². The Morgan fingerprint density at radius 2 is 2.50 bits per heavy atom. The van der Waals surface area contributed by atoms with E-state index < -0.39 is 0 Å². The molecule has 0 spiro atoms. The first-order chi connectivity index (χ1) is 9.57. The Labute approximate surface area is 123 Å². The van der Waals surface area contributed by atoms with Gasteiger partial charge < -0.3 is 15.2 Å². The molecule has 2 heterocycles. The number of aliphatic hydroxyl groups is 1. The van der Waals surface area contributed by atoms with E-state index in [0.717, 1.165) is 12.0 Å². The van der Waals surface area contributed by atoms with E-state index in [1.54, 1.807) is 0 Å². The minimum atomic E-state index is -0.323. The summed E-state index contributed by atoms with van der Waals surface area (Å²) in [6.45, 7) is 4.69. The third-order valence-electron chi connectivity index (χ3n) is 3.62. The maximum absolute atomic E-state index is 12.4. The van der Waals surface area contributed by atoms with Gasteiger partial charge in [0.05, 0.1) is 18.2 Å². The van der Waals surface area contributed by atoms with Crippen molar-refractivity contribution in [3.63, 3.8) is 0 Å². The first-order valence-electron chi connectivity index (χ1n) is 6.68. The summed E-state index contributed by atoms with van der Waals surface area (Å²) in [5, 5.41) is 13.7. The Morgan fingerprint density at radius 1 is 1.70 bits per heavy atom. The molecule has 2 unspecified atom stereocenters. The van der Waals surface area contributed by atoms with Crippen LogP contribution in [0.5, 0.6) is 0 Å². The van der Waals surface area contributed by atoms with Gasteiger partial charge >= 0.3 is 0 Å². The van der Waals surface area contributed by atoms with E-state index in [2.05, 4.69) is 17.2 Å². The molecule has 2 N–H and O–H groups in total. The maximum Gasteiger partial charge on any atom is 0.263 e. The molecule has 0 aliphatic carbocycles. The molecule has 1 fully saturated rings. The summed E-state index contributed by atoms with van der Waals surface area (Å²) in [6.07, 6.45) is 1.24. The predicted octanol–water partition coefficient (Wildman–Crippen LogP) is 1.78. The summed E-state index contributed by atoms with van der Waals surface area (Å²) in [5.74, 6) is 5.68. The molecule has 1 aliphatic rings. The Bertz CT molecular complexity index is 543. The molecule has 0 radical (unpaired) electrons. The minimum absolute atomic E-state index is 0.00957. The standard InChI is InChI=1S/C15H19NO3S/c1-11-15(2,7-9-19-11)16-14(18)13-12(6-10-20-13)5-3-4-8-17/h6,10-11,17H,4,7-9H2,1-2H3,(H,16,18). The molecule has 1 amide bonds. The highest BCUT2D eigenvalue weighted by Gasteiger charge is 2.38. The number of amides is 1. The SMILES string of the molecule is CC1OCCC1(C)NC(=O)c1sccc1C#CCCO. The second kappa shape index (κ2) is 6.40. The van der Waals surface area contributed by atoms with E-state index in [-0.39, 0.29) is 24.2 Å². The van der Waals surface area contributed by atoms with Crippen molar-refractivity contribution in [2.45, 2.75) is 38.3 Å². The van der Waals surface area contributed by atoms with Gasteiger partial charge in [0.15, 0.2) is 0 Å². The zero-order valence-electron chi connectivity index (χ0n) is 11.7. The number of hydrogen-bond acceptors (Lipinski definition) is 4. The van der Waals surface area contributed by atoms with Crippen LogP contribution in [-0.2, 0) is 4.74 Å². The van der Waals surface area contributed by atoms with Crippen molar-refractivity contribution >= 4 is 17.2 Å². The number of thiophene rings is 1. The number of rotatable bonds is 3. The van der Waals surface area contributed by atoms with E-state index >= 15 is 0 Å². The van der Waals surface area contributed by atoms with Crippen LogP contribution in [0.2, 0.25) is 0 Å². The van der Waals surface area contributed by atoms with Crippen molar-refractivity contribution < 1.29 is 14.6 Å². The van der Waals surface area contributed by atoms with Gasteiger partial charge in [-0.1, -0.05) is 11.8 Å². The molecule has 0 bridgehead atoms. The number of aliphatic hydroxyl groups excluding tert-OH is 1. The van der Waals surface area contributed by atoms with Crippen LogP contribution in [-0.4, -0.2) is 35.9 Å². The van der Waals surface area contributed by atoms with Crippen LogP contribution >= 0.6 is 11.3 Å². The molecule has 1 aromatic heterocycles. The predicted molar refractivity (Wildman–Crippen MR) is 78.8 cm³/mol. The fourth-order valence-electron chi connectivity index (χ4n) is 2.11. The first kappa shape index (κ1) is 15.0. The molecule has 1 saturated heterocycles. The summed E-state index contributed by atoms with van der Waals surface area (Å²) in [6, 6.07) is 1.83. The van der Waals surface area contributed by atoms with Crippen LogP contribution in [0.3, 0.4) is 0 Å². The van der Waals surface area contributed by atoms with E-state index in [1.165, 1.54) is 11.3 Å². The van der Waals surface area contributed by atoms with Gasteiger partial charge in [-0.3, -0.25) is 4.79 Å². The molecule has 1 aromatic rings. The van der Waals surface area contributed by atoms with Gasteiger partial charge in [0, 0.05) is 18.6 Å². The average Bonchev–Trinajstić information content (AvgIpc) is 2.98. The average molecular weight is 293 g/mol. The largest absolute Gasteiger partial charge is 0.395 e. The summed E-state index contributed by atoms with van der Waals surface area (Å²) in [4.78, 5) is 13.0. The summed E-state index contributed by atoms with van der Waals surface area (Å²) < 4.78 is 5.53. The topological polar surface area (TPSA) is 58.6 Å². The van der Waals surface area contributed by atoms with E-state index in [1.807, 2.05) is 25.3 Å². The Morgan fingerprint density at radius 3 is 3.15 bits per heavy atom. The first-order valence-corrected chi connectivity index (χ1v) is 7.56. The van der Waals surface area contributed by atoms with Crippen molar-refractivity contribution in [3.05, 3.63) is 21.9 Å². The highest BCUT2D eigenvalue weighted by molar-refractivity contribution is 7.12. The van der Waals surface area contributed by atoms with Gasteiger partial charge in [0.2, 0.25) is 0 Å². The van der Waals surface area contributed by atoms with Gasteiger partial charge in [-0.15, -0.1) is 11.3 Å². The lowest BCUT2D eigenvalue weighted by atomic mass is 9.94. The molecule has 1 aliphatic heterocycles. The Kier molecular flexibility index (Phi) is 4.81. The summed E-state index contributed by atoms with van der Waals surface area (Å²) in [5.41, 5.74) is 0.396. The normalized spacial score (nSPS) is 25.1. The van der Waals surface area contributed by atoms with Gasteiger partial charge in [0.1, 0.15) is 4.88 Å². The van der Waals surface area contributed by atoms with Crippen molar-refractivity contribution in [1.82, 2.24) is 5.32 Å². The minimum Gasteiger partial charge on any atom is -0.395 e. The molecule has 0 aromatic carbocycles. The number of hydrogen-bond donors (Lipinski definition) is 2. The molecule has 2 rings (SSSR count). The molecule has 4 nitrogen and oxygen atoms in total. The summed E-state index contributed by atoms with van der Waals surface area (Å²) in [7, 11) is 0. The highest BCUT2D eigenvalue weighted by atomic mass is 32.1. The summed E-state index contributed by atoms with van der Waals surface area (Å²) >= 11 is 1.38. The van der Waals surface area contributed by atoms with E-state index in [4.69, 9.17) is 9.84 Å². The molecule has 0 saturated carbocycles. The lowest BCUT2D eigenvalue weighted by molar-refractivity contribution is 0.0730. The molecule has 2 atom stereocenters. The number of nitrogens with one attached hydrogen (secondary N) is 1. The van der Waals surface area contributed by atoms with Crippen molar-refractivity contribution in [2.75, 3.05) is 13.2 Å². The van der Waals surface area contributed by atoms with Crippen LogP contribution in [0.4, 0.5) is 0 Å². The molecular formula is C15H19NO3S. The van der Waals surface area contributed by atoms with Crippen LogP contribution < -0.4 is 5.32 Å². The van der Waals surface area contributed by atoms with Crippen LogP contribution in [0.15, 0.2) is 11.4 Å². The van der Waals surface area contributed by atoms with Crippen molar-refractivity contribution in [2.24, 2.45) is 0 Å². The Hall–Kier alpha value is -1.35. The third-order valence-corrected chi connectivity index (χ3v) is 4.53. The second-order valence-corrected chi connectivity index (χ2v) is 5.99. The number of carbonyl (C=O) groups is 1. The number of carbonyl (C=O) groups excluding carboxylic acids is 1. The van der Waals surface area contributed by atoms with Crippen LogP contribution in [0.25, 0.3) is 0 Å². The fourth-order valence-corrected chi connectivity index (χ4v) is 2.86. The van der Waals surface area contributed by atoms with Gasteiger partial charge in [-0.05, 0) is 31.7 Å². The maximum atomic E-state index is 12.4. The monoisotopic (exact) mass is 293 g/mol.